The second kappa shape index (κ2) is 3.32. The molecule has 0 atom stereocenters. The maximum atomic E-state index is 4.57. The van der Waals surface area contributed by atoms with Gasteiger partial charge >= 0.3 is 0 Å². The van der Waals surface area contributed by atoms with Gasteiger partial charge in [-0.15, -0.1) is 11.3 Å². The van der Waals surface area contributed by atoms with Gasteiger partial charge in [-0.1, -0.05) is 6.07 Å². The Kier molecular flexibility index (Phi) is 2.04. The number of nitrogens with zero attached hydrogens (tertiary/aromatic N) is 1. The van der Waals surface area contributed by atoms with Crippen molar-refractivity contribution in [3.05, 3.63) is 34.0 Å². The summed E-state index contributed by atoms with van der Waals surface area (Å²) in [7, 11) is 0. The lowest BCUT2D eigenvalue weighted by Crippen LogP contribution is -2.08. The van der Waals surface area contributed by atoms with Crippen molar-refractivity contribution in [1.82, 2.24) is 4.98 Å². The molecule has 3 heteroatoms. The Morgan fingerprint density at radius 2 is 2.06 bits per heavy atom. The van der Waals surface area contributed by atoms with Crippen molar-refractivity contribution >= 4 is 17.0 Å². The van der Waals surface area contributed by atoms with E-state index in [2.05, 4.69) is 43.2 Å². The van der Waals surface area contributed by atoms with Crippen molar-refractivity contribution in [3.8, 4) is 10.4 Å². The molecule has 0 spiro atoms. The van der Waals surface area contributed by atoms with Crippen molar-refractivity contribution in [3.63, 3.8) is 0 Å². The first-order valence-electron chi connectivity index (χ1n) is 5.47. The molecule has 1 N–H and O–H groups in total. The highest BCUT2D eigenvalue weighted by molar-refractivity contribution is 7.15. The fraction of sp³-hybridized carbons (Fsp3) is 0.308. The molecule has 0 saturated heterocycles. The normalized spacial score (nSPS) is 12.9. The number of hydrogen-bond donors (Lipinski definition) is 1. The van der Waals surface area contributed by atoms with Gasteiger partial charge in [-0.2, -0.15) is 0 Å². The van der Waals surface area contributed by atoms with E-state index in [1.165, 1.54) is 32.9 Å². The van der Waals surface area contributed by atoms with E-state index >= 15 is 0 Å². The summed E-state index contributed by atoms with van der Waals surface area (Å²) in [6, 6.07) is 4.46. The number of thiazole rings is 1. The first-order valence-corrected chi connectivity index (χ1v) is 6.28. The maximum absolute atomic E-state index is 4.57. The summed E-state index contributed by atoms with van der Waals surface area (Å²) in [6.07, 6.45) is 0. The zero-order valence-corrected chi connectivity index (χ0v) is 10.5. The summed E-state index contributed by atoms with van der Waals surface area (Å²) < 4.78 is 0. The number of anilines is 1. The molecule has 2 heterocycles. The Morgan fingerprint density at radius 1 is 1.25 bits per heavy atom. The molecule has 0 amide bonds. The van der Waals surface area contributed by atoms with Gasteiger partial charge in [0.05, 0.1) is 22.1 Å². The quantitative estimate of drug-likeness (QED) is 0.747. The molecule has 0 saturated carbocycles. The van der Waals surface area contributed by atoms with Gasteiger partial charge in [-0.25, -0.2) is 4.98 Å². The van der Waals surface area contributed by atoms with Crippen LogP contribution in [0.15, 0.2) is 12.1 Å². The van der Waals surface area contributed by atoms with Gasteiger partial charge in [0.15, 0.2) is 0 Å². The van der Waals surface area contributed by atoms with E-state index in [0.29, 0.717) is 0 Å². The van der Waals surface area contributed by atoms with Crippen molar-refractivity contribution in [1.29, 1.82) is 0 Å². The Bertz CT molecular complexity index is 570. The minimum Gasteiger partial charge on any atom is -0.379 e. The van der Waals surface area contributed by atoms with Gasteiger partial charge < -0.3 is 5.32 Å². The van der Waals surface area contributed by atoms with Crippen LogP contribution in [0.1, 0.15) is 21.8 Å². The molecular formula is C13H14N2S. The average molecular weight is 230 g/mol. The average Bonchev–Trinajstić information content (AvgIpc) is 2.56. The van der Waals surface area contributed by atoms with E-state index in [1.54, 1.807) is 11.3 Å². The zero-order chi connectivity index (χ0) is 11.3. The van der Waals surface area contributed by atoms with Crippen LogP contribution in [0, 0.1) is 20.8 Å². The lowest BCUT2D eigenvalue weighted by Gasteiger charge is -2.20. The molecule has 0 bridgehead atoms. The van der Waals surface area contributed by atoms with E-state index in [-0.39, 0.29) is 0 Å². The highest BCUT2D eigenvalue weighted by Gasteiger charge is 2.21. The molecule has 3 rings (SSSR count). The molecule has 82 valence electrons. The molecule has 1 aliphatic rings. The van der Waals surface area contributed by atoms with Crippen molar-refractivity contribution in [2.45, 2.75) is 27.3 Å². The monoisotopic (exact) mass is 230 g/mol. The van der Waals surface area contributed by atoms with Gasteiger partial charge in [0, 0.05) is 11.3 Å². The number of aromatic nitrogens is 1. The Balaban J connectivity index is 2.31. The molecule has 0 unspecified atom stereocenters. The predicted molar refractivity (Wildman–Crippen MR) is 69.1 cm³/mol. The van der Waals surface area contributed by atoms with Crippen LogP contribution >= 0.6 is 11.3 Å². The van der Waals surface area contributed by atoms with E-state index in [4.69, 9.17) is 0 Å². The van der Waals surface area contributed by atoms with Crippen LogP contribution in [0.5, 0.6) is 0 Å². The first kappa shape index (κ1) is 9.85. The molecule has 1 aromatic heterocycles. The third-order valence-corrected chi connectivity index (χ3v) is 3.99. The molecule has 1 aliphatic heterocycles. The number of hydrogen-bond acceptors (Lipinski definition) is 3. The predicted octanol–water partition coefficient (Wildman–Crippen LogP) is 3.66. The second-order valence-electron chi connectivity index (χ2n) is 4.37. The standard InChI is InChI=1S/C13H14N2S/c1-7-4-8(2)12-10(5-7)14-6-11-13(12)16-9(3)15-11/h4-5,14H,6H2,1-3H3. The molecule has 16 heavy (non-hydrogen) atoms. The van der Waals surface area contributed by atoms with E-state index in [9.17, 15) is 0 Å². The zero-order valence-electron chi connectivity index (χ0n) is 9.72. The minimum atomic E-state index is 0.857. The van der Waals surface area contributed by atoms with Crippen LogP contribution in [-0.2, 0) is 6.54 Å². The number of fused-ring (bicyclic) bond motifs is 3. The number of aryl methyl sites for hydroxylation is 3. The van der Waals surface area contributed by atoms with Gasteiger partial charge in [-0.05, 0) is 38.0 Å². The number of benzene rings is 1. The van der Waals surface area contributed by atoms with Crippen molar-refractivity contribution in [2.75, 3.05) is 5.32 Å². The van der Waals surface area contributed by atoms with Gasteiger partial charge in [0.1, 0.15) is 0 Å². The third kappa shape index (κ3) is 1.35. The summed E-state index contributed by atoms with van der Waals surface area (Å²) in [5.41, 5.74) is 6.45. The van der Waals surface area contributed by atoms with Crippen LogP contribution in [-0.4, -0.2) is 4.98 Å². The molecular weight excluding hydrogens is 216 g/mol. The molecule has 0 radical (unpaired) electrons. The lowest BCUT2D eigenvalue weighted by atomic mass is 9.98. The molecule has 2 nitrogen and oxygen atoms in total. The lowest BCUT2D eigenvalue weighted by molar-refractivity contribution is 1.04. The van der Waals surface area contributed by atoms with Crippen molar-refractivity contribution < 1.29 is 0 Å². The Labute approximate surface area is 99.4 Å². The fourth-order valence-corrected chi connectivity index (χ4v) is 3.43. The summed E-state index contributed by atoms with van der Waals surface area (Å²) >= 11 is 1.80. The van der Waals surface area contributed by atoms with Crippen LogP contribution in [0.25, 0.3) is 10.4 Å². The Morgan fingerprint density at radius 3 is 2.88 bits per heavy atom. The highest BCUT2D eigenvalue weighted by Crippen LogP contribution is 2.41. The van der Waals surface area contributed by atoms with E-state index in [1.807, 2.05) is 0 Å². The third-order valence-electron chi connectivity index (χ3n) is 2.96. The van der Waals surface area contributed by atoms with Gasteiger partial charge in [0.2, 0.25) is 0 Å². The van der Waals surface area contributed by atoms with Crippen LogP contribution < -0.4 is 5.32 Å². The largest absolute Gasteiger partial charge is 0.379 e. The van der Waals surface area contributed by atoms with Crippen LogP contribution in [0.3, 0.4) is 0 Å². The summed E-state index contributed by atoms with van der Waals surface area (Å²) in [4.78, 5) is 5.92. The molecule has 0 aliphatic carbocycles. The number of rotatable bonds is 0. The number of nitrogens with one attached hydrogen (secondary N) is 1. The van der Waals surface area contributed by atoms with Gasteiger partial charge in [0.25, 0.3) is 0 Å². The second-order valence-corrected chi connectivity index (χ2v) is 5.57. The topological polar surface area (TPSA) is 24.9 Å². The summed E-state index contributed by atoms with van der Waals surface area (Å²) in [5, 5.41) is 4.61. The molecule has 0 fully saturated rings. The van der Waals surface area contributed by atoms with E-state index in [0.717, 1.165) is 11.6 Å². The molecule has 1 aromatic carbocycles. The Hall–Kier alpha value is -1.35. The highest BCUT2D eigenvalue weighted by atomic mass is 32.1. The van der Waals surface area contributed by atoms with E-state index < -0.39 is 0 Å². The maximum Gasteiger partial charge on any atom is 0.0904 e. The van der Waals surface area contributed by atoms with Crippen LogP contribution in [0.2, 0.25) is 0 Å². The smallest absolute Gasteiger partial charge is 0.0904 e. The summed E-state index contributed by atoms with van der Waals surface area (Å²) in [5.74, 6) is 0. The first-order chi connectivity index (χ1) is 7.65. The fourth-order valence-electron chi connectivity index (χ4n) is 2.37. The SMILES string of the molecule is Cc1cc(C)c2c(c1)NCc1nc(C)sc1-2. The minimum absolute atomic E-state index is 0.857. The van der Waals surface area contributed by atoms with Crippen LogP contribution in [0.4, 0.5) is 5.69 Å². The summed E-state index contributed by atoms with van der Waals surface area (Å²) in [6.45, 7) is 7.25. The van der Waals surface area contributed by atoms with Gasteiger partial charge in [-0.3, -0.25) is 0 Å². The molecule has 2 aromatic rings. The van der Waals surface area contributed by atoms with Crippen molar-refractivity contribution in [2.24, 2.45) is 0 Å².